The molecule has 1 fully saturated rings. The maximum atomic E-state index is 12.5. The monoisotopic (exact) mass is 417 g/mol. The molecule has 1 atom stereocenters. The van der Waals surface area contributed by atoms with Crippen LogP contribution >= 0.6 is 11.6 Å². The van der Waals surface area contributed by atoms with E-state index in [1.807, 2.05) is 56.0 Å². The number of benzene rings is 1. The van der Waals surface area contributed by atoms with Crippen molar-refractivity contribution in [3.05, 3.63) is 41.6 Å². The highest BCUT2D eigenvalue weighted by Gasteiger charge is 2.30. The Bertz CT molecular complexity index is 840. The molecule has 8 heteroatoms. The maximum Gasteiger partial charge on any atom is 0.410 e. The van der Waals surface area contributed by atoms with Crippen molar-refractivity contribution in [2.24, 2.45) is 0 Å². The molecule has 1 unspecified atom stereocenters. The first-order valence-corrected chi connectivity index (χ1v) is 10.3. The molecule has 0 aliphatic carbocycles. The fourth-order valence-electron chi connectivity index (χ4n) is 3.21. The molecular weight excluding hydrogens is 390 g/mol. The number of carbonyl (C=O) groups is 1. The van der Waals surface area contributed by atoms with Crippen molar-refractivity contribution in [1.29, 1.82) is 0 Å². The second-order valence-electron chi connectivity index (χ2n) is 8.11. The fourth-order valence-corrected chi connectivity index (χ4v) is 3.40. The summed E-state index contributed by atoms with van der Waals surface area (Å²) in [7, 11) is 0. The molecule has 0 spiro atoms. The molecule has 1 saturated heterocycles. The summed E-state index contributed by atoms with van der Waals surface area (Å²) in [6, 6.07) is 9.26. The average Bonchev–Trinajstić information content (AvgIpc) is 2.65. The fraction of sp³-hybridized carbons (Fsp3) is 0.476. The van der Waals surface area contributed by atoms with Crippen LogP contribution in [0.25, 0.3) is 0 Å². The molecule has 29 heavy (non-hydrogen) atoms. The number of ether oxygens (including phenoxy) is 1. The van der Waals surface area contributed by atoms with Gasteiger partial charge in [-0.15, -0.1) is 0 Å². The van der Waals surface area contributed by atoms with Gasteiger partial charge in [-0.3, -0.25) is 0 Å². The average molecular weight is 418 g/mol. The molecule has 1 amide bonds. The van der Waals surface area contributed by atoms with Gasteiger partial charge in [-0.1, -0.05) is 17.7 Å². The zero-order chi connectivity index (χ0) is 20.9. The third-order valence-electron chi connectivity index (χ3n) is 4.51. The topological polar surface area (TPSA) is 79.4 Å². The largest absolute Gasteiger partial charge is 0.444 e. The summed E-state index contributed by atoms with van der Waals surface area (Å²) in [5, 5.41) is 7.12. The summed E-state index contributed by atoms with van der Waals surface area (Å²) in [6.45, 7) is 6.98. The van der Waals surface area contributed by atoms with E-state index in [0.29, 0.717) is 29.9 Å². The van der Waals surface area contributed by atoms with Gasteiger partial charge < -0.3 is 20.3 Å². The normalized spacial score (nSPS) is 17.0. The van der Waals surface area contributed by atoms with Crippen LogP contribution in [0.15, 0.2) is 36.5 Å². The van der Waals surface area contributed by atoms with Crippen LogP contribution in [0, 0.1) is 0 Å². The number of nitrogens with zero attached hydrogens (tertiary/aromatic N) is 3. The highest BCUT2D eigenvalue weighted by Crippen LogP contribution is 2.22. The van der Waals surface area contributed by atoms with Crippen molar-refractivity contribution in [2.45, 2.75) is 51.7 Å². The minimum atomic E-state index is -0.500. The Labute approximate surface area is 176 Å². The molecule has 7 nitrogen and oxygen atoms in total. The minimum Gasteiger partial charge on any atom is -0.444 e. The quantitative estimate of drug-likeness (QED) is 0.706. The van der Waals surface area contributed by atoms with Crippen molar-refractivity contribution >= 4 is 35.1 Å². The first kappa shape index (κ1) is 21.2. The van der Waals surface area contributed by atoms with Gasteiger partial charge in [0.15, 0.2) is 0 Å². The molecule has 0 saturated carbocycles. The number of carbonyl (C=O) groups excluding carboxylic acids is 1. The molecule has 3 rings (SSSR count). The van der Waals surface area contributed by atoms with E-state index < -0.39 is 5.60 Å². The number of likely N-dealkylation sites (tertiary alicyclic amines) is 1. The Balaban J connectivity index is 1.61. The first-order chi connectivity index (χ1) is 13.8. The molecule has 156 valence electrons. The minimum absolute atomic E-state index is 0.0675. The van der Waals surface area contributed by atoms with E-state index in [4.69, 9.17) is 16.3 Å². The summed E-state index contributed by atoms with van der Waals surface area (Å²) in [5.74, 6) is 1.17. The summed E-state index contributed by atoms with van der Waals surface area (Å²) in [6.07, 6.45) is 4.46. The van der Waals surface area contributed by atoms with Crippen molar-refractivity contribution < 1.29 is 9.53 Å². The van der Waals surface area contributed by atoms with Crippen molar-refractivity contribution in [3.8, 4) is 0 Å². The smallest absolute Gasteiger partial charge is 0.410 e. The van der Waals surface area contributed by atoms with Gasteiger partial charge in [0.2, 0.25) is 5.95 Å². The highest BCUT2D eigenvalue weighted by molar-refractivity contribution is 6.30. The molecule has 2 aromatic rings. The maximum absolute atomic E-state index is 12.5. The van der Waals surface area contributed by atoms with Gasteiger partial charge in [0.25, 0.3) is 0 Å². The van der Waals surface area contributed by atoms with Gasteiger partial charge in [0.05, 0.1) is 6.04 Å². The van der Waals surface area contributed by atoms with Crippen molar-refractivity contribution in [3.63, 3.8) is 0 Å². The van der Waals surface area contributed by atoms with Gasteiger partial charge >= 0.3 is 6.09 Å². The third-order valence-corrected chi connectivity index (χ3v) is 4.75. The lowest BCUT2D eigenvalue weighted by Gasteiger charge is -2.36. The Kier molecular flexibility index (Phi) is 6.79. The lowest BCUT2D eigenvalue weighted by atomic mass is 10.0. The van der Waals surface area contributed by atoms with Crippen LogP contribution in [-0.2, 0) is 4.74 Å². The Hall–Kier alpha value is -2.54. The molecule has 0 bridgehead atoms. The van der Waals surface area contributed by atoms with E-state index >= 15 is 0 Å². The van der Waals surface area contributed by atoms with E-state index in [1.54, 1.807) is 6.20 Å². The molecule has 1 aromatic carbocycles. The number of halogens is 1. The van der Waals surface area contributed by atoms with E-state index in [1.165, 1.54) is 0 Å². The summed E-state index contributed by atoms with van der Waals surface area (Å²) >= 11 is 6.02. The lowest BCUT2D eigenvalue weighted by molar-refractivity contribution is 0.0114. The van der Waals surface area contributed by atoms with Gasteiger partial charge in [0.1, 0.15) is 11.4 Å². The molecule has 2 N–H and O–H groups in total. The molecule has 1 aliphatic heterocycles. The highest BCUT2D eigenvalue weighted by atomic mass is 35.5. The van der Waals surface area contributed by atoms with Crippen LogP contribution in [0.3, 0.4) is 0 Å². The number of nitrogens with one attached hydrogen (secondary N) is 2. The van der Waals surface area contributed by atoms with Crippen molar-refractivity contribution in [2.75, 3.05) is 23.7 Å². The van der Waals surface area contributed by atoms with Gasteiger partial charge in [-0.05, 0) is 64.3 Å². The second kappa shape index (κ2) is 9.31. The Morgan fingerprint density at radius 3 is 2.90 bits per heavy atom. The number of hydrogen-bond acceptors (Lipinski definition) is 6. The van der Waals surface area contributed by atoms with Crippen LogP contribution in [0.4, 0.5) is 22.2 Å². The van der Waals surface area contributed by atoms with Gasteiger partial charge in [-0.25, -0.2) is 9.78 Å². The van der Waals surface area contributed by atoms with Crippen molar-refractivity contribution in [1.82, 2.24) is 14.9 Å². The molecule has 0 radical (unpaired) electrons. The van der Waals surface area contributed by atoms with Crippen LogP contribution in [-0.4, -0.2) is 45.7 Å². The van der Waals surface area contributed by atoms with Crippen LogP contribution in [0.5, 0.6) is 0 Å². The van der Waals surface area contributed by atoms with Gasteiger partial charge in [-0.2, -0.15) is 4.98 Å². The number of anilines is 3. The zero-order valence-electron chi connectivity index (χ0n) is 17.1. The predicted octanol–water partition coefficient (Wildman–Crippen LogP) is 5.08. The summed E-state index contributed by atoms with van der Waals surface area (Å²) in [5.41, 5.74) is 0.318. The molecular formula is C21H28ClN5O2. The van der Waals surface area contributed by atoms with E-state index in [9.17, 15) is 4.79 Å². The zero-order valence-corrected chi connectivity index (χ0v) is 17.9. The van der Waals surface area contributed by atoms with E-state index in [-0.39, 0.29) is 12.1 Å². The van der Waals surface area contributed by atoms with E-state index in [2.05, 4.69) is 20.6 Å². The molecule has 1 aromatic heterocycles. The first-order valence-electron chi connectivity index (χ1n) is 9.89. The predicted molar refractivity (Wildman–Crippen MR) is 116 cm³/mol. The number of amides is 1. The number of aromatic nitrogens is 2. The SMILES string of the molecule is CC(C)(C)OC(=O)N1CCCCC1CNc1ccnc(Nc2cccc(Cl)c2)n1. The Morgan fingerprint density at radius 1 is 1.31 bits per heavy atom. The van der Waals surface area contributed by atoms with Gasteiger partial charge in [0, 0.05) is 30.0 Å². The van der Waals surface area contributed by atoms with Crippen LogP contribution in [0.1, 0.15) is 40.0 Å². The van der Waals surface area contributed by atoms with Crippen LogP contribution in [0.2, 0.25) is 5.02 Å². The second-order valence-corrected chi connectivity index (χ2v) is 8.54. The van der Waals surface area contributed by atoms with E-state index in [0.717, 1.165) is 24.9 Å². The molecule has 2 heterocycles. The Morgan fingerprint density at radius 2 is 2.14 bits per heavy atom. The number of piperidine rings is 1. The summed E-state index contributed by atoms with van der Waals surface area (Å²) < 4.78 is 5.57. The summed E-state index contributed by atoms with van der Waals surface area (Å²) in [4.78, 5) is 23.1. The molecule has 1 aliphatic rings. The standard InChI is InChI=1S/C21H28ClN5O2/c1-21(2,3)29-20(28)27-12-5-4-9-17(27)14-24-18-10-11-23-19(26-18)25-16-8-6-7-15(22)13-16/h6-8,10-11,13,17H,4-5,9,12,14H2,1-3H3,(H2,23,24,25,26). The number of rotatable bonds is 5. The lowest BCUT2D eigenvalue weighted by Crippen LogP contribution is -2.48. The van der Waals surface area contributed by atoms with Crippen LogP contribution < -0.4 is 10.6 Å². The number of hydrogen-bond donors (Lipinski definition) is 2. The third kappa shape index (κ3) is 6.49.